The summed E-state index contributed by atoms with van der Waals surface area (Å²) < 4.78 is 0. The van der Waals surface area contributed by atoms with Gasteiger partial charge in [0, 0.05) is 17.1 Å². The van der Waals surface area contributed by atoms with Crippen molar-refractivity contribution in [2.24, 2.45) is 0 Å². The van der Waals surface area contributed by atoms with Crippen molar-refractivity contribution >= 4 is 28.1 Å². The van der Waals surface area contributed by atoms with Gasteiger partial charge in [-0.1, -0.05) is 6.07 Å². The summed E-state index contributed by atoms with van der Waals surface area (Å²) in [5.74, 6) is -1.16. The predicted octanol–water partition coefficient (Wildman–Crippen LogP) is 2.03. The first kappa shape index (κ1) is 10.9. The lowest BCUT2D eigenvalue weighted by molar-refractivity contribution is -0.383. The maximum atomic E-state index is 11.0. The fourth-order valence-corrected chi connectivity index (χ4v) is 1.76. The predicted molar refractivity (Wildman–Crippen MR) is 62.0 cm³/mol. The second-order valence-electron chi connectivity index (χ2n) is 3.46. The molecule has 86 valence electrons. The van der Waals surface area contributed by atoms with Crippen LogP contribution in [0.15, 0.2) is 30.3 Å². The Morgan fingerprint density at radius 1 is 1.29 bits per heavy atom. The highest BCUT2D eigenvalue weighted by Crippen LogP contribution is 2.32. The molecule has 2 rings (SSSR count). The molecule has 0 bridgehead atoms. The largest absolute Gasteiger partial charge is 0.478 e. The standard InChI is InChI=1S/C11H8N2O4/c12-8-4-5-9(13(16)17)6-2-1-3-7(10(6)8)11(14)15/h1-5H,12H2,(H,14,15). The van der Waals surface area contributed by atoms with Gasteiger partial charge in [-0.15, -0.1) is 0 Å². The Labute approximate surface area is 95.4 Å². The first-order valence-electron chi connectivity index (χ1n) is 4.71. The molecule has 0 saturated carbocycles. The number of nitrogens with two attached hydrogens (primary N) is 1. The zero-order valence-electron chi connectivity index (χ0n) is 8.58. The fraction of sp³-hybridized carbons (Fsp3) is 0. The smallest absolute Gasteiger partial charge is 0.336 e. The number of nitro benzene ring substituents is 1. The highest BCUT2D eigenvalue weighted by atomic mass is 16.6. The molecule has 0 saturated heterocycles. The molecule has 0 aliphatic heterocycles. The van der Waals surface area contributed by atoms with Crippen LogP contribution in [0.2, 0.25) is 0 Å². The Hall–Kier alpha value is -2.63. The van der Waals surface area contributed by atoms with Crippen molar-refractivity contribution in [2.75, 3.05) is 5.73 Å². The molecule has 0 amide bonds. The summed E-state index contributed by atoms with van der Waals surface area (Å²) >= 11 is 0. The third-order valence-electron chi connectivity index (χ3n) is 2.48. The number of carboxylic acids is 1. The quantitative estimate of drug-likeness (QED) is 0.468. The molecule has 0 atom stereocenters. The molecule has 0 unspecified atom stereocenters. The van der Waals surface area contributed by atoms with Crippen molar-refractivity contribution in [1.29, 1.82) is 0 Å². The molecule has 2 aromatic rings. The molecular formula is C11H8N2O4. The molecule has 3 N–H and O–H groups in total. The molecule has 6 heteroatoms. The van der Waals surface area contributed by atoms with E-state index in [9.17, 15) is 14.9 Å². The van der Waals surface area contributed by atoms with Gasteiger partial charge < -0.3 is 10.8 Å². The number of hydrogen-bond acceptors (Lipinski definition) is 4. The normalized spacial score (nSPS) is 10.4. The van der Waals surface area contributed by atoms with Gasteiger partial charge in [-0.05, 0) is 18.2 Å². The molecule has 0 aromatic heterocycles. The average molecular weight is 232 g/mol. The molecule has 6 nitrogen and oxygen atoms in total. The number of nitrogens with zero attached hydrogens (tertiary/aromatic N) is 1. The number of benzene rings is 2. The van der Waals surface area contributed by atoms with Crippen LogP contribution < -0.4 is 5.73 Å². The molecule has 0 aliphatic carbocycles. The van der Waals surface area contributed by atoms with Gasteiger partial charge in [0.1, 0.15) is 0 Å². The second-order valence-corrected chi connectivity index (χ2v) is 3.46. The van der Waals surface area contributed by atoms with Crippen molar-refractivity contribution in [2.45, 2.75) is 0 Å². The first-order chi connectivity index (χ1) is 8.02. The summed E-state index contributed by atoms with van der Waals surface area (Å²) in [5, 5.41) is 20.3. The molecule has 0 aliphatic rings. The monoisotopic (exact) mass is 232 g/mol. The van der Waals surface area contributed by atoms with E-state index in [-0.39, 0.29) is 27.7 Å². The average Bonchev–Trinajstić information content (AvgIpc) is 2.28. The maximum absolute atomic E-state index is 11.0. The summed E-state index contributed by atoms with van der Waals surface area (Å²) in [5.41, 5.74) is 5.70. The molecule has 0 heterocycles. The van der Waals surface area contributed by atoms with E-state index in [1.54, 1.807) is 0 Å². The Kier molecular flexibility index (Phi) is 2.40. The molecular weight excluding hydrogens is 224 g/mol. The Bertz CT molecular complexity index is 637. The lowest BCUT2D eigenvalue weighted by Crippen LogP contribution is -2.01. The van der Waals surface area contributed by atoms with Crippen molar-refractivity contribution in [1.82, 2.24) is 0 Å². The van der Waals surface area contributed by atoms with Crippen LogP contribution in [0.4, 0.5) is 11.4 Å². The SMILES string of the molecule is Nc1ccc([N+](=O)[O-])c2cccc(C(=O)O)c12. The van der Waals surface area contributed by atoms with Crippen molar-refractivity contribution < 1.29 is 14.8 Å². The zero-order valence-corrected chi connectivity index (χ0v) is 8.58. The minimum absolute atomic E-state index is 0.0382. The van der Waals surface area contributed by atoms with Crippen LogP contribution in [-0.4, -0.2) is 16.0 Å². The van der Waals surface area contributed by atoms with Crippen molar-refractivity contribution in [3.63, 3.8) is 0 Å². The molecule has 0 fully saturated rings. The van der Waals surface area contributed by atoms with E-state index in [1.165, 1.54) is 30.3 Å². The van der Waals surface area contributed by atoms with Crippen LogP contribution in [0.25, 0.3) is 10.8 Å². The topological polar surface area (TPSA) is 106 Å². The van der Waals surface area contributed by atoms with Crippen LogP contribution in [0, 0.1) is 10.1 Å². The Morgan fingerprint density at radius 3 is 2.59 bits per heavy atom. The number of non-ortho nitro benzene ring substituents is 1. The zero-order chi connectivity index (χ0) is 12.6. The van der Waals surface area contributed by atoms with Crippen molar-refractivity contribution in [3.8, 4) is 0 Å². The van der Waals surface area contributed by atoms with Gasteiger partial charge in [-0.25, -0.2) is 4.79 Å². The summed E-state index contributed by atoms with van der Waals surface area (Å²) in [4.78, 5) is 21.3. The fourth-order valence-electron chi connectivity index (χ4n) is 1.76. The minimum atomic E-state index is -1.16. The highest BCUT2D eigenvalue weighted by molar-refractivity contribution is 6.11. The van der Waals surface area contributed by atoms with Crippen molar-refractivity contribution in [3.05, 3.63) is 46.0 Å². The summed E-state index contributed by atoms with van der Waals surface area (Å²) in [6.45, 7) is 0. The van der Waals surface area contributed by atoms with Crippen LogP contribution in [-0.2, 0) is 0 Å². The third kappa shape index (κ3) is 1.65. The van der Waals surface area contributed by atoms with Gasteiger partial charge in [-0.2, -0.15) is 0 Å². The van der Waals surface area contributed by atoms with Crippen LogP contribution in [0.3, 0.4) is 0 Å². The molecule has 0 spiro atoms. The van der Waals surface area contributed by atoms with E-state index in [2.05, 4.69) is 0 Å². The number of nitrogen functional groups attached to an aromatic ring is 1. The van der Waals surface area contributed by atoms with Gasteiger partial charge in [0.2, 0.25) is 0 Å². The van der Waals surface area contributed by atoms with Gasteiger partial charge in [0.15, 0.2) is 0 Å². The number of nitro groups is 1. The van der Waals surface area contributed by atoms with E-state index >= 15 is 0 Å². The molecule has 2 aromatic carbocycles. The van der Waals surface area contributed by atoms with Crippen LogP contribution in [0.1, 0.15) is 10.4 Å². The number of anilines is 1. The summed E-state index contributed by atoms with van der Waals surface area (Å²) in [6, 6.07) is 6.91. The summed E-state index contributed by atoms with van der Waals surface area (Å²) in [6.07, 6.45) is 0. The van der Waals surface area contributed by atoms with Crippen LogP contribution in [0.5, 0.6) is 0 Å². The number of aromatic carboxylic acids is 1. The molecule has 17 heavy (non-hydrogen) atoms. The minimum Gasteiger partial charge on any atom is -0.478 e. The second kappa shape index (κ2) is 3.75. The lowest BCUT2D eigenvalue weighted by Gasteiger charge is -2.06. The van der Waals surface area contributed by atoms with Gasteiger partial charge in [-0.3, -0.25) is 10.1 Å². The van der Waals surface area contributed by atoms with Crippen LogP contribution >= 0.6 is 0 Å². The highest BCUT2D eigenvalue weighted by Gasteiger charge is 2.18. The number of carbonyl (C=O) groups is 1. The Balaban J connectivity index is 2.95. The number of hydrogen-bond donors (Lipinski definition) is 2. The lowest BCUT2D eigenvalue weighted by atomic mass is 10.0. The van der Waals surface area contributed by atoms with Gasteiger partial charge in [0.05, 0.1) is 15.9 Å². The summed E-state index contributed by atoms with van der Waals surface area (Å²) in [7, 11) is 0. The molecule has 0 radical (unpaired) electrons. The third-order valence-corrected chi connectivity index (χ3v) is 2.48. The van der Waals surface area contributed by atoms with E-state index in [0.717, 1.165) is 0 Å². The number of rotatable bonds is 2. The number of carboxylic acid groups (broad SMARTS) is 1. The van der Waals surface area contributed by atoms with E-state index in [4.69, 9.17) is 10.8 Å². The van der Waals surface area contributed by atoms with E-state index < -0.39 is 10.9 Å². The van der Waals surface area contributed by atoms with E-state index in [0.29, 0.717) is 0 Å². The van der Waals surface area contributed by atoms with E-state index in [1.807, 2.05) is 0 Å². The Morgan fingerprint density at radius 2 is 2.00 bits per heavy atom. The van der Waals surface area contributed by atoms with Gasteiger partial charge in [0.25, 0.3) is 5.69 Å². The maximum Gasteiger partial charge on any atom is 0.336 e. The first-order valence-corrected chi connectivity index (χ1v) is 4.71. The number of fused-ring (bicyclic) bond motifs is 1. The van der Waals surface area contributed by atoms with Gasteiger partial charge >= 0.3 is 5.97 Å².